The third-order valence-electron chi connectivity index (χ3n) is 7.41. The number of hydrogen-bond donors (Lipinski definition) is 1. The number of methoxy groups -OCH3 is 1. The van der Waals surface area contributed by atoms with Gasteiger partial charge >= 0.3 is 0 Å². The molecule has 2 aliphatic rings. The SMILES string of the molecule is COc1cccc(S(=O)(=O)N2CCCCN3[C@H](CO)[C@H](c4ccc(-c5ccccc5)cc4)[C@H]3C2)c1. The normalized spacial score (nSPS) is 23.5. The zero-order valence-corrected chi connectivity index (χ0v) is 20.8. The minimum Gasteiger partial charge on any atom is -0.497 e. The van der Waals surface area contributed by atoms with E-state index in [-0.39, 0.29) is 29.5 Å². The fourth-order valence-corrected chi connectivity index (χ4v) is 7.10. The third-order valence-corrected chi connectivity index (χ3v) is 9.28. The van der Waals surface area contributed by atoms with E-state index in [1.165, 1.54) is 7.11 Å². The Balaban J connectivity index is 1.42. The Morgan fingerprint density at radius 2 is 1.63 bits per heavy atom. The number of hydrogen-bond acceptors (Lipinski definition) is 5. The van der Waals surface area contributed by atoms with Gasteiger partial charge in [0.1, 0.15) is 5.75 Å². The van der Waals surface area contributed by atoms with E-state index in [2.05, 4.69) is 41.3 Å². The summed E-state index contributed by atoms with van der Waals surface area (Å²) in [5, 5.41) is 10.2. The Morgan fingerprint density at radius 3 is 2.34 bits per heavy atom. The van der Waals surface area contributed by atoms with E-state index in [1.807, 2.05) is 18.2 Å². The molecule has 0 spiro atoms. The van der Waals surface area contributed by atoms with Crippen molar-refractivity contribution in [2.45, 2.75) is 35.7 Å². The molecular weight excluding hydrogens is 460 g/mol. The van der Waals surface area contributed by atoms with E-state index in [0.29, 0.717) is 18.8 Å². The molecule has 2 aliphatic heterocycles. The van der Waals surface area contributed by atoms with Gasteiger partial charge in [-0.3, -0.25) is 4.90 Å². The molecule has 5 rings (SSSR count). The molecule has 0 saturated carbocycles. The van der Waals surface area contributed by atoms with Crippen LogP contribution in [0.5, 0.6) is 5.75 Å². The number of benzene rings is 3. The van der Waals surface area contributed by atoms with Gasteiger partial charge in [0.2, 0.25) is 10.0 Å². The molecule has 1 N–H and O–H groups in total. The van der Waals surface area contributed by atoms with Gasteiger partial charge in [-0.1, -0.05) is 60.7 Å². The summed E-state index contributed by atoms with van der Waals surface area (Å²) < 4.78 is 34.1. The standard InChI is InChI=1S/C28H32N2O4S/c1-34-24-10-7-11-25(18-24)35(32,33)29-16-5-6-17-30-26(19-29)28(27(30)20-31)23-14-12-22(13-15-23)21-8-3-2-4-9-21/h2-4,7-15,18,26-28,31H,5-6,16-17,19-20H2,1H3/t26-,27-,28-/m1/s1. The Hall–Kier alpha value is -2.71. The maximum atomic E-state index is 13.6. The van der Waals surface area contributed by atoms with Crippen LogP contribution in [0.1, 0.15) is 24.3 Å². The monoisotopic (exact) mass is 492 g/mol. The summed E-state index contributed by atoms with van der Waals surface area (Å²) in [6.45, 7) is 1.83. The molecule has 0 bridgehead atoms. The van der Waals surface area contributed by atoms with Crippen molar-refractivity contribution in [1.82, 2.24) is 9.21 Å². The van der Waals surface area contributed by atoms with Crippen molar-refractivity contribution in [3.8, 4) is 16.9 Å². The molecule has 184 valence electrons. The highest BCUT2D eigenvalue weighted by Gasteiger charge is 2.50. The summed E-state index contributed by atoms with van der Waals surface area (Å²) in [5.74, 6) is 0.603. The molecule has 2 saturated heterocycles. The molecule has 2 fully saturated rings. The van der Waals surface area contributed by atoms with Crippen LogP contribution in [0.2, 0.25) is 0 Å². The van der Waals surface area contributed by atoms with Gasteiger partial charge in [-0.2, -0.15) is 4.31 Å². The van der Waals surface area contributed by atoms with Crippen LogP contribution in [-0.4, -0.2) is 68.2 Å². The Morgan fingerprint density at radius 1 is 0.914 bits per heavy atom. The van der Waals surface area contributed by atoms with E-state index in [9.17, 15) is 13.5 Å². The number of aliphatic hydroxyl groups is 1. The van der Waals surface area contributed by atoms with E-state index in [4.69, 9.17) is 4.74 Å². The maximum Gasteiger partial charge on any atom is 0.243 e. The second-order valence-corrected chi connectivity index (χ2v) is 11.3. The first-order valence-electron chi connectivity index (χ1n) is 12.2. The van der Waals surface area contributed by atoms with Crippen LogP contribution < -0.4 is 4.74 Å². The van der Waals surface area contributed by atoms with Gasteiger partial charge < -0.3 is 9.84 Å². The lowest BCUT2D eigenvalue weighted by Gasteiger charge is -2.57. The highest BCUT2D eigenvalue weighted by molar-refractivity contribution is 7.89. The molecule has 6 nitrogen and oxygen atoms in total. The van der Waals surface area contributed by atoms with Crippen LogP contribution in [0.25, 0.3) is 11.1 Å². The molecule has 3 atom stereocenters. The number of nitrogens with zero attached hydrogens (tertiary/aromatic N) is 2. The molecule has 0 aromatic heterocycles. The zero-order chi connectivity index (χ0) is 24.4. The second-order valence-electron chi connectivity index (χ2n) is 9.32. The predicted molar refractivity (Wildman–Crippen MR) is 137 cm³/mol. The lowest BCUT2D eigenvalue weighted by molar-refractivity contribution is -0.0553. The van der Waals surface area contributed by atoms with Crippen molar-refractivity contribution in [3.63, 3.8) is 0 Å². The van der Waals surface area contributed by atoms with E-state index in [1.54, 1.807) is 28.6 Å². The smallest absolute Gasteiger partial charge is 0.243 e. The van der Waals surface area contributed by atoms with Crippen LogP contribution in [0.3, 0.4) is 0 Å². The summed E-state index contributed by atoms with van der Waals surface area (Å²) in [6.07, 6.45) is 1.69. The molecule has 3 aromatic rings. The van der Waals surface area contributed by atoms with Gasteiger partial charge in [-0.05, 0) is 48.2 Å². The molecule has 3 aromatic carbocycles. The summed E-state index contributed by atoms with van der Waals surface area (Å²) in [5.41, 5.74) is 3.45. The minimum atomic E-state index is -3.67. The summed E-state index contributed by atoms with van der Waals surface area (Å²) in [6, 6.07) is 25.5. The topological polar surface area (TPSA) is 70.1 Å². The van der Waals surface area contributed by atoms with Gasteiger partial charge in [0.05, 0.1) is 18.6 Å². The minimum absolute atomic E-state index is 0.00190. The molecule has 0 radical (unpaired) electrons. The fourth-order valence-electron chi connectivity index (χ4n) is 5.57. The molecular formula is C28H32N2O4S. The van der Waals surface area contributed by atoms with Gasteiger partial charge in [-0.25, -0.2) is 8.42 Å². The number of fused-ring (bicyclic) bond motifs is 1. The lowest BCUT2D eigenvalue weighted by atomic mass is 9.74. The molecule has 35 heavy (non-hydrogen) atoms. The van der Waals surface area contributed by atoms with Crippen molar-refractivity contribution < 1.29 is 18.3 Å². The van der Waals surface area contributed by atoms with Crippen molar-refractivity contribution in [2.24, 2.45) is 0 Å². The molecule has 0 aliphatic carbocycles. The largest absolute Gasteiger partial charge is 0.497 e. The van der Waals surface area contributed by atoms with Crippen molar-refractivity contribution in [3.05, 3.63) is 84.4 Å². The van der Waals surface area contributed by atoms with Crippen LogP contribution in [0.15, 0.2) is 83.8 Å². The van der Waals surface area contributed by atoms with Crippen molar-refractivity contribution >= 4 is 10.0 Å². The summed E-state index contributed by atoms with van der Waals surface area (Å²) in [4.78, 5) is 2.55. The van der Waals surface area contributed by atoms with E-state index >= 15 is 0 Å². The number of sulfonamides is 1. The van der Waals surface area contributed by atoms with Gasteiger partial charge in [-0.15, -0.1) is 0 Å². The average molecular weight is 493 g/mol. The Kier molecular flexibility index (Phi) is 6.93. The maximum absolute atomic E-state index is 13.6. The quantitative estimate of drug-likeness (QED) is 0.564. The highest BCUT2D eigenvalue weighted by atomic mass is 32.2. The number of aliphatic hydroxyl groups excluding tert-OH is 1. The van der Waals surface area contributed by atoms with Crippen LogP contribution in [0, 0.1) is 0 Å². The molecule has 2 heterocycles. The van der Waals surface area contributed by atoms with Crippen LogP contribution in [-0.2, 0) is 10.0 Å². The lowest BCUT2D eigenvalue weighted by Crippen LogP contribution is -2.67. The van der Waals surface area contributed by atoms with Gasteiger partial charge in [0.15, 0.2) is 0 Å². The van der Waals surface area contributed by atoms with E-state index < -0.39 is 10.0 Å². The van der Waals surface area contributed by atoms with E-state index in [0.717, 1.165) is 36.1 Å². The van der Waals surface area contributed by atoms with Gasteiger partial charge in [0.25, 0.3) is 0 Å². The van der Waals surface area contributed by atoms with Crippen LogP contribution >= 0.6 is 0 Å². The Bertz CT molecular complexity index is 1250. The predicted octanol–water partition coefficient (Wildman–Crippen LogP) is 3.98. The molecule has 0 unspecified atom stereocenters. The molecule has 7 heteroatoms. The fraction of sp³-hybridized carbons (Fsp3) is 0.357. The number of ether oxygens (including phenoxy) is 1. The van der Waals surface area contributed by atoms with Crippen LogP contribution in [0.4, 0.5) is 0 Å². The molecule has 0 amide bonds. The Labute approximate surface area is 207 Å². The highest BCUT2D eigenvalue weighted by Crippen LogP contribution is 2.43. The first kappa shape index (κ1) is 24.0. The van der Waals surface area contributed by atoms with Crippen molar-refractivity contribution in [1.29, 1.82) is 0 Å². The zero-order valence-electron chi connectivity index (χ0n) is 20.0. The first-order valence-corrected chi connectivity index (χ1v) is 13.6. The third kappa shape index (κ3) is 4.61. The summed E-state index contributed by atoms with van der Waals surface area (Å²) >= 11 is 0. The average Bonchev–Trinajstić information content (AvgIpc) is 2.88. The van der Waals surface area contributed by atoms with Gasteiger partial charge in [0, 0.05) is 37.2 Å². The second kappa shape index (κ2) is 10.1. The van der Waals surface area contributed by atoms with Crippen molar-refractivity contribution in [2.75, 3.05) is 33.4 Å². The number of rotatable bonds is 6. The first-order chi connectivity index (χ1) is 17.0. The summed E-state index contributed by atoms with van der Waals surface area (Å²) in [7, 11) is -2.13.